The monoisotopic (exact) mass is 334 g/mol. The van der Waals surface area contributed by atoms with Crippen LogP contribution in [-0.2, 0) is 14.8 Å². The Balaban J connectivity index is 2.06. The molecule has 0 saturated carbocycles. The first-order chi connectivity index (χ1) is 9.95. The molecule has 0 aromatic heterocycles. The summed E-state index contributed by atoms with van der Waals surface area (Å²) < 4.78 is 31.9. The number of nitrogen functional groups attached to an aromatic ring is 1. The Morgan fingerprint density at radius 1 is 1.38 bits per heavy atom. The van der Waals surface area contributed by atoms with Crippen molar-refractivity contribution in [2.45, 2.75) is 23.8 Å². The van der Waals surface area contributed by atoms with Crippen molar-refractivity contribution in [1.82, 2.24) is 4.31 Å². The van der Waals surface area contributed by atoms with Crippen LogP contribution in [0.1, 0.15) is 12.8 Å². The summed E-state index contributed by atoms with van der Waals surface area (Å²) in [5.41, 5.74) is 5.91. The molecule has 6 nitrogen and oxygen atoms in total. The van der Waals surface area contributed by atoms with Crippen molar-refractivity contribution in [2.75, 3.05) is 32.0 Å². The van der Waals surface area contributed by atoms with Crippen molar-refractivity contribution >= 4 is 27.3 Å². The number of sulfonamides is 1. The van der Waals surface area contributed by atoms with E-state index in [1.807, 2.05) is 0 Å². The predicted octanol–water partition coefficient (Wildman–Crippen LogP) is 1.08. The average molecular weight is 335 g/mol. The maximum absolute atomic E-state index is 12.5. The van der Waals surface area contributed by atoms with E-state index in [-0.39, 0.29) is 29.9 Å². The molecule has 0 spiro atoms. The number of ether oxygens (including phenoxy) is 1. The number of piperidine rings is 1. The molecule has 0 atom stereocenters. The Kier molecular flexibility index (Phi) is 5.45. The van der Waals surface area contributed by atoms with E-state index in [0.717, 1.165) is 0 Å². The number of anilines is 1. The van der Waals surface area contributed by atoms with Gasteiger partial charge in [-0.05, 0) is 31.0 Å². The van der Waals surface area contributed by atoms with Crippen molar-refractivity contribution in [3.63, 3.8) is 0 Å². The highest BCUT2D eigenvalue weighted by atomic mass is 35.5. The fourth-order valence-electron chi connectivity index (χ4n) is 2.29. The summed E-state index contributed by atoms with van der Waals surface area (Å²) in [7, 11) is -3.56. The van der Waals surface area contributed by atoms with E-state index in [1.54, 1.807) is 0 Å². The molecule has 118 valence electrons. The van der Waals surface area contributed by atoms with E-state index in [4.69, 9.17) is 27.2 Å². The van der Waals surface area contributed by atoms with Crippen LogP contribution in [0.15, 0.2) is 23.1 Å². The lowest BCUT2D eigenvalue weighted by Gasteiger charge is -2.31. The van der Waals surface area contributed by atoms with E-state index in [9.17, 15) is 8.42 Å². The summed E-state index contributed by atoms with van der Waals surface area (Å²) in [6.45, 7) is 1.04. The summed E-state index contributed by atoms with van der Waals surface area (Å²) in [5.74, 6) is 0. The number of benzene rings is 1. The maximum atomic E-state index is 12.5. The van der Waals surface area contributed by atoms with Crippen molar-refractivity contribution < 1.29 is 18.3 Å². The Bertz CT molecular complexity index is 586. The van der Waals surface area contributed by atoms with Gasteiger partial charge in [-0.25, -0.2) is 8.42 Å². The van der Waals surface area contributed by atoms with Crippen molar-refractivity contribution in [3.8, 4) is 0 Å². The van der Waals surface area contributed by atoms with Gasteiger partial charge in [0.2, 0.25) is 10.0 Å². The molecule has 21 heavy (non-hydrogen) atoms. The summed E-state index contributed by atoms with van der Waals surface area (Å²) in [6.07, 6.45) is 1.23. The van der Waals surface area contributed by atoms with Gasteiger partial charge < -0.3 is 15.6 Å². The van der Waals surface area contributed by atoms with Crippen LogP contribution in [0.4, 0.5) is 5.69 Å². The van der Waals surface area contributed by atoms with Gasteiger partial charge in [-0.2, -0.15) is 4.31 Å². The SMILES string of the molecule is Nc1cc(S(=O)(=O)N2CCC(OCCO)CC2)ccc1Cl. The van der Waals surface area contributed by atoms with Crippen LogP contribution in [0.5, 0.6) is 0 Å². The third kappa shape index (κ3) is 3.87. The van der Waals surface area contributed by atoms with E-state index in [2.05, 4.69) is 0 Å². The molecule has 1 aromatic rings. The van der Waals surface area contributed by atoms with Gasteiger partial charge in [0.25, 0.3) is 0 Å². The van der Waals surface area contributed by atoms with Gasteiger partial charge in [0.1, 0.15) is 0 Å². The third-order valence-corrected chi connectivity index (χ3v) is 5.69. The van der Waals surface area contributed by atoms with Crippen molar-refractivity contribution in [3.05, 3.63) is 23.2 Å². The number of halogens is 1. The first-order valence-electron chi connectivity index (χ1n) is 6.73. The quantitative estimate of drug-likeness (QED) is 0.786. The fourth-order valence-corrected chi connectivity index (χ4v) is 3.91. The number of hydrogen-bond acceptors (Lipinski definition) is 5. The van der Waals surface area contributed by atoms with Crippen molar-refractivity contribution in [2.24, 2.45) is 0 Å². The highest BCUT2D eigenvalue weighted by molar-refractivity contribution is 7.89. The molecule has 0 radical (unpaired) electrons. The molecule has 0 unspecified atom stereocenters. The second-order valence-electron chi connectivity index (χ2n) is 4.88. The van der Waals surface area contributed by atoms with Gasteiger partial charge in [-0.15, -0.1) is 0 Å². The van der Waals surface area contributed by atoms with Crippen LogP contribution in [0.2, 0.25) is 5.02 Å². The van der Waals surface area contributed by atoms with Crippen LogP contribution in [0, 0.1) is 0 Å². The van der Waals surface area contributed by atoms with Crippen LogP contribution in [0.25, 0.3) is 0 Å². The van der Waals surface area contributed by atoms with Crippen molar-refractivity contribution in [1.29, 1.82) is 0 Å². The van der Waals surface area contributed by atoms with Crippen LogP contribution in [0.3, 0.4) is 0 Å². The lowest BCUT2D eigenvalue weighted by Crippen LogP contribution is -2.41. The van der Waals surface area contributed by atoms with Gasteiger partial charge in [-0.3, -0.25) is 0 Å². The van der Waals surface area contributed by atoms with Gasteiger partial charge >= 0.3 is 0 Å². The number of nitrogens with two attached hydrogens (primary N) is 1. The molecule has 0 bridgehead atoms. The molecule has 1 saturated heterocycles. The molecule has 0 aliphatic carbocycles. The minimum atomic E-state index is -3.56. The number of rotatable bonds is 5. The molecule has 0 amide bonds. The molecule has 1 aliphatic heterocycles. The van der Waals surface area contributed by atoms with Crippen LogP contribution in [-0.4, -0.2) is 50.2 Å². The predicted molar refractivity (Wildman–Crippen MR) is 80.7 cm³/mol. The van der Waals surface area contributed by atoms with E-state index in [1.165, 1.54) is 22.5 Å². The molecule has 8 heteroatoms. The summed E-state index contributed by atoms with van der Waals surface area (Å²) >= 11 is 5.81. The number of nitrogens with zero attached hydrogens (tertiary/aromatic N) is 1. The Labute approximate surface area is 129 Å². The molecule has 1 aliphatic rings. The largest absolute Gasteiger partial charge is 0.397 e. The normalized spacial score (nSPS) is 18.0. The molecule has 1 fully saturated rings. The maximum Gasteiger partial charge on any atom is 0.243 e. The van der Waals surface area contributed by atoms with E-state index in [0.29, 0.717) is 31.0 Å². The van der Waals surface area contributed by atoms with Gasteiger partial charge in [-0.1, -0.05) is 11.6 Å². The molecule has 2 rings (SSSR count). The third-order valence-electron chi connectivity index (χ3n) is 3.45. The topological polar surface area (TPSA) is 92.9 Å². The van der Waals surface area contributed by atoms with E-state index < -0.39 is 10.0 Å². The first-order valence-corrected chi connectivity index (χ1v) is 8.54. The Hall–Kier alpha value is -0.860. The Morgan fingerprint density at radius 3 is 2.62 bits per heavy atom. The lowest BCUT2D eigenvalue weighted by atomic mass is 10.1. The minimum Gasteiger partial charge on any atom is -0.397 e. The first kappa shape index (κ1) is 16.5. The average Bonchev–Trinajstić information content (AvgIpc) is 2.48. The molecule has 1 heterocycles. The second-order valence-corrected chi connectivity index (χ2v) is 7.23. The summed E-state index contributed by atoms with van der Waals surface area (Å²) in [5, 5.41) is 9.06. The molecular weight excluding hydrogens is 316 g/mol. The smallest absolute Gasteiger partial charge is 0.243 e. The number of aliphatic hydroxyl groups excluding tert-OH is 1. The molecular formula is C13H19ClN2O4S. The van der Waals surface area contributed by atoms with Crippen LogP contribution < -0.4 is 5.73 Å². The standard InChI is InChI=1S/C13H19ClN2O4S/c14-12-2-1-11(9-13(12)15)21(18,19)16-5-3-10(4-6-16)20-8-7-17/h1-2,9-10,17H,3-8,15H2. The van der Waals surface area contributed by atoms with Crippen LogP contribution >= 0.6 is 11.6 Å². The Morgan fingerprint density at radius 2 is 2.05 bits per heavy atom. The number of hydrogen-bond donors (Lipinski definition) is 2. The molecule has 1 aromatic carbocycles. The van der Waals surface area contributed by atoms with Gasteiger partial charge in [0.15, 0.2) is 0 Å². The minimum absolute atomic E-state index is 0.00103. The lowest BCUT2D eigenvalue weighted by molar-refractivity contribution is 0.00318. The second kappa shape index (κ2) is 6.93. The summed E-state index contributed by atoms with van der Waals surface area (Å²) in [6, 6.07) is 4.33. The summed E-state index contributed by atoms with van der Waals surface area (Å²) in [4.78, 5) is 0.152. The number of aliphatic hydroxyl groups is 1. The zero-order valence-electron chi connectivity index (χ0n) is 11.5. The van der Waals surface area contributed by atoms with Gasteiger partial charge in [0, 0.05) is 13.1 Å². The fraction of sp³-hybridized carbons (Fsp3) is 0.538. The van der Waals surface area contributed by atoms with Gasteiger partial charge in [0.05, 0.1) is 34.9 Å². The zero-order valence-corrected chi connectivity index (χ0v) is 13.1. The van der Waals surface area contributed by atoms with E-state index >= 15 is 0 Å². The highest BCUT2D eigenvalue weighted by Gasteiger charge is 2.29. The zero-order chi connectivity index (χ0) is 15.5. The highest BCUT2D eigenvalue weighted by Crippen LogP contribution is 2.26. The molecule has 3 N–H and O–H groups in total.